The molecular weight excluding hydrogens is 435 g/mol. The van der Waals surface area contributed by atoms with Gasteiger partial charge in [-0.2, -0.15) is 0 Å². The lowest BCUT2D eigenvalue weighted by molar-refractivity contribution is -0.133. The van der Waals surface area contributed by atoms with Crippen molar-refractivity contribution in [2.24, 2.45) is 0 Å². The number of carbonyl (C=O) groups excluding carboxylic acids is 2. The molecule has 2 aromatic carbocycles. The first-order valence-corrected chi connectivity index (χ1v) is 10.4. The van der Waals surface area contributed by atoms with E-state index in [2.05, 4.69) is 5.32 Å². The number of benzene rings is 2. The van der Waals surface area contributed by atoms with Crippen LogP contribution in [0.25, 0.3) is 0 Å². The van der Waals surface area contributed by atoms with E-state index in [1.54, 1.807) is 0 Å². The molecular formula is C17H13Cl3N2O4S. The normalized spacial score (nSPS) is 18.1. The van der Waals surface area contributed by atoms with Crippen LogP contribution < -0.4 is 5.32 Å². The van der Waals surface area contributed by atoms with Crippen LogP contribution in [0.15, 0.2) is 41.3 Å². The molecule has 27 heavy (non-hydrogen) atoms. The highest BCUT2D eigenvalue weighted by Crippen LogP contribution is 2.37. The van der Waals surface area contributed by atoms with E-state index in [1.165, 1.54) is 43.3 Å². The van der Waals surface area contributed by atoms with Crippen molar-refractivity contribution in [2.45, 2.75) is 17.7 Å². The summed E-state index contributed by atoms with van der Waals surface area (Å²) in [4.78, 5) is 25.6. The Hall–Kier alpha value is -1.80. The number of amides is 2. The van der Waals surface area contributed by atoms with Gasteiger partial charge in [-0.3, -0.25) is 9.59 Å². The minimum atomic E-state index is -4.05. The second kappa shape index (κ2) is 7.31. The molecule has 6 nitrogen and oxygen atoms in total. The highest BCUT2D eigenvalue weighted by atomic mass is 35.5. The molecule has 0 saturated carbocycles. The number of nitrogens with zero attached hydrogens (tertiary/aromatic N) is 1. The molecule has 0 radical (unpaired) electrons. The first-order chi connectivity index (χ1) is 12.7. The number of carbonyl (C=O) groups is 2. The summed E-state index contributed by atoms with van der Waals surface area (Å²) in [5.74, 6) is -2.95. The number of rotatable bonds is 3. The number of hydrogen-bond donors (Lipinski definition) is 1. The van der Waals surface area contributed by atoms with Crippen LogP contribution in [0.1, 0.15) is 18.4 Å². The van der Waals surface area contributed by atoms with Gasteiger partial charge in [0.05, 0.1) is 15.6 Å². The molecule has 2 amide bonds. The Labute approximate surface area is 171 Å². The summed E-state index contributed by atoms with van der Waals surface area (Å²) in [6, 6.07) is 8.45. The molecule has 2 aromatic rings. The van der Waals surface area contributed by atoms with Crippen molar-refractivity contribution < 1.29 is 18.0 Å². The largest absolute Gasteiger partial charge is 0.324 e. The minimum Gasteiger partial charge on any atom is -0.324 e. The number of likely N-dealkylation sites (N-methyl/N-ethyl adjacent to an activating group) is 1. The fourth-order valence-electron chi connectivity index (χ4n) is 2.87. The van der Waals surface area contributed by atoms with Crippen LogP contribution in [0.3, 0.4) is 0 Å². The third-order valence-electron chi connectivity index (χ3n) is 4.08. The van der Waals surface area contributed by atoms with Crippen molar-refractivity contribution in [1.82, 2.24) is 4.31 Å². The number of fused-ring (bicyclic) bond motifs is 1. The van der Waals surface area contributed by atoms with Gasteiger partial charge < -0.3 is 5.32 Å². The summed E-state index contributed by atoms with van der Waals surface area (Å²) in [6.45, 7) is 1.41. The van der Waals surface area contributed by atoms with Crippen molar-refractivity contribution in [2.75, 3.05) is 11.9 Å². The van der Waals surface area contributed by atoms with Crippen LogP contribution in [0.5, 0.6) is 0 Å². The second-order valence-corrected chi connectivity index (χ2v) is 8.85. The molecule has 0 spiro atoms. The Kier molecular flexibility index (Phi) is 5.40. The van der Waals surface area contributed by atoms with Crippen molar-refractivity contribution >= 4 is 62.3 Å². The Morgan fingerprint density at radius 3 is 2.37 bits per heavy atom. The van der Waals surface area contributed by atoms with Gasteiger partial charge in [-0.25, -0.2) is 12.7 Å². The zero-order valence-corrected chi connectivity index (χ0v) is 17.0. The zero-order chi connectivity index (χ0) is 19.9. The molecule has 1 heterocycles. The smallest absolute Gasteiger partial charge is 0.266 e. The summed E-state index contributed by atoms with van der Waals surface area (Å²) in [5.41, 5.74) is 0.277. The Morgan fingerprint density at radius 2 is 1.74 bits per heavy atom. The molecule has 1 unspecified atom stereocenters. The number of sulfonamides is 1. The highest BCUT2D eigenvalue weighted by Gasteiger charge is 2.45. The molecule has 1 N–H and O–H groups in total. The van der Waals surface area contributed by atoms with Gasteiger partial charge in [0.2, 0.25) is 5.91 Å². The number of hydrogen-bond acceptors (Lipinski definition) is 4. The lowest BCUT2D eigenvalue weighted by Gasteiger charge is -2.32. The SMILES string of the molecule is CCN1C(=O)C(C(=O)Nc2ccc(Cl)cc2Cl)c2cc(Cl)ccc2S1(=O)=O. The van der Waals surface area contributed by atoms with E-state index in [-0.39, 0.29) is 32.7 Å². The first kappa shape index (κ1) is 19.9. The first-order valence-electron chi connectivity index (χ1n) is 7.78. The van der Waals surface area contributed by atoms with Crippen LogP contribution in [-0.4, -0.2) is 31.1 Å². The van der Waals surface area contributed by atoms with E-state index in [0.717, 1.165) is 0 Å². The fraction of sp³-hybridized carbons (Fsp3) is 0.176. The molecule has 1 aliphatic heterocycles. The van der Waals surface area contributed by atoms with Crippen molar-refractivity contribution in [3.63, 3.8) is 0 Å². The third kappa shape index (κ3) is 3.52. The fourth-order valence-corrected chi connectivity index (χ4v) is 5.14. The van der Waals surface area contributed by atoms with Gasteiger partial charge in [0.1, 0.15) is 5.92 Å². The minimum absolute atomic E-state index is 0.0276. The number of nitrogens with one attached hydrogen (secondary N) is 1. The van der Waals surface area contributed by atoms with E-state index in [4.69, 9.17) is 34.8 Å². The van der Waals surface area contributed by atoms with Crippen LogP contribution in [-0.2, 0) is 19.6 Å². The van der Waals surface area contributed by atoms with Crippen LogP contribution in [0.2, 0.25) is 15.1 Å². The van der Waals surface area contributed by atoms with Gasteiger partial charge in [0, 0.05) is 16.6 Å². The van der Waals surface area contributed by atoms with E-state index in [0.29, 0.717) is 9.33 Å². The van der Waals surface area contributed by atoms with Crippen LogP contribution in [0.4, 0.5) is 5.69 Å². The molecule has 142 valence electrons. The molecule has 3 rings (SSSR count). The summed E-state index contributed by atoms with van der Waals surface area (Å²) in [5, 5.41) is 3.33. The lowest BCUT2D eigenvalue weighted by Crippen LogP contribution is -2.47. The van der Waals surface area contributed by atoms with E-state index >= 15 is 0 Å². The Bertz CT molecular complexity index is 1060. The summed E-state index contributed by atoms with van der Waals surface area (Å²) < 4.78 is 26.0. The van der Waals surface area contributed by atoms with E-state index in [9.17, 15) is 18.0 Å². The lowest BCUT2D eigenvalue weighted by atomic mass is 9.96. The maximum Gasteiger partial charge on any atom is 0.266 e. The number of anilines is 1. The third-order valence-corrected chi connectivity index (χ3v) is 6.81. The molecule has 0 bridgehead atoms. The number of halogens is 3. The van der Waals surface area contributed by atoms with Crippen LogP contribution >= 0.6 is 34.8 Å². The highest BCUT2D eigenvalue weighted by molar-refractivity contribution is 7.89. The second-order valence-electron chi connectivity index (χ2n) is 5.74. The van der Waals surface area contributed by atoms with Gasteiger partial charge >= 0.3 is 0 Å². The monoisotopic (exact) mass is 446 g/mol. The quantitative estimate of drug-likeness (QED) is 0.723. The van der Waals surface area contributed by atoms with Crippen molar-refractivity contribution in [1.29, 1.82) is 0 Å². The van der Waals surface area contributed by atoms with E-state index in [1.807, 2.05) is 0 Å². The molecule has 1 aliphatic rings. The molecule has 0 saturated heterocycles. The maximum absolute atomic E-state index is 12.9. The molecule has 1 atom stereocenters. The maximum atomic E-state index is 12.9. The summed E-state index contributed by atoms with van der Waals surface area (Å²) >= 11 is 17.9. The van der Waals surface area contributed by atoms with Gasteiger partial charge in [0.15, 0.2) is 0 Å². The Balaban J connectivity index is 2.09. The van der Waals surface area contributed by atoms with E-state index < -0.39 is 27.8 Å². The van der Waals surface area contributed by atoms with Crippen molar-refractivity contribution in [3.8, 4) is 0 Å². The Morgan fingerprint density at radius 1 is 1.11 bits per heavy atom. The zero-order valence-electron chi connectivity index (χ0n) is 13.9. The van der Waals surface area contributed by atoms with Crippen LogP contribution in [0, 0.1) is 0 Å². The topological polar surface area (TPSA) is 83.6 Å². The van der Waals surface area contributed by atoms with Gasteiger partial charge in [-0.15, -0.1) is 0 Å². The average Bonchev–Trinajstić information content (AvgIpc) is 2.57. The summed E-state index contributed by atoms with van der Waals surface area (Å²) in [6.07, 6.45) is 0. The van der Waals surface area contributed by atoms with Crippen molar-refractivity contribution in [3.05, 3.63) is 57.0 Å². The predicted octanol–water partition coefficient (Wildman–Crippen LogP) is 3.92. The molecule has 0 fully saturated rings. The van der Waals surface area contributed by atoms with Gasteiger partial charge in [-0.05, 0) is 48.9 Å². The van der Waals surface area contributed by atoms with Gasteiger partial charge in [-0.1, -0.05) is 34.8 Å². The standard InChI is InChI=1S/C17H13Cl3N2O4S/c1-2-22-17(24)15(11-7-9(18)4-6-14(11)27(22,25)26)16(23)21-13-5-3-10(19)8-12(13)20/h3-8,15H,2H2,1H3,(H,21,23). The molecule has 10 heteroatoms. The molecule has 0 aromatic heterocycles. The summed E-state index contributed by atoms with van der Waals surface area (Å²) in [7, 11) is -4.05. The predicted molar refractivity (Wildman–Crippen MR) is 104 cm³/mol. The van der Waals surface area contributed by atoms with Gasteiger partial charge in [0.25, 0.3) is 15.9 Å². The molecule has 0 aliphatic carbocycles. The average molecular weight is 448 g/mol.